The van der Waals surface area contributed by atoms with Crippen molar-refractivity contribution in [3.63, 3.8) is 0 Å². The third kappa shape index (κ3) is 1.72. The zero-order chi connectivity index (χ0) is 12.5. The summed E-state index contributed by atoms with van der Waals surface area (Å²) in [7, 11) is 0. The van der Waals surface area contributed by atoms with Crippen LogP contribution in [0.5, 0.6) is 0 Å². The quantitative estimate of drug-likeness (QED) is 0.704. The fourth-order valence-corrected chi connectivity index (χ4v) is 1.90. The molecule has 0 radical (unpaired) electrons. The zero-order valence-corrected chi connectivity index (χ0v) is 9.81. The minimum absolute atomic E-state index is 0.625. The van der Waals surface area contributed by atoms with E-state index < -0.39 is 0 Å². The minimum Gasteiger partial charge on any atom is -0.338 e. The van der Waals surface area contributed by atoms with Crippen molar-refractivity contribution in [2.24, 2.45) is 0 Å². The van der Waals surface area contributed by atoms with Gasteiger partial charge in [0.05, 0.1) is 22.7 Å². The number of pyridine rings is 1. The van der Waals surface area contributed by atoms with Crippen molar-refractivity contribution in [1.29, 1.82) is 5.26 Å². The Morgan fingerprint density at radius 2 is 2.11 bits per heavy atom. The molecule has 0 atom stereocenters. The van der Waals surface area contributed by atoms with Gasteiger partial charge in [0.2, 0.25) is 0 Å². The van der Waals surface area contributed by atoms with Crippen LogP contribution in [0, 0.1) is 18.3 Å². The molecule has 0 bridgehead atoms. The van der Waals surface area contributed by atoms with Crippen LogP contribution in [-0.4, -0.2) is 15.0 Å². The third-order valence-electron chi connectivity index (χ3n) is 2.76. The molecular weight excluding hydrogens is 224 g/mol. The number of nitrogens with one attached hydrogen (secondary N) is 1. The number of aromatic amines is 1. The van der Waals surface area contributed by atoms with Crippen molar-refractivity contribution < 1.29 is 0 Å². The highest BCUT2D eigenvalue weighted by Gasteiger charge is 2.06. The SMILES string of the molecule is Cc1cncc(-c2nc3ccc(C#N)cc3[nH]2)c1. The summed E-state index contributed by atoms with van der Waals surface area (Å²) in [5.74, 6) is 0.774. The molecule has 2 heterocycles. The fraction of sp³-hybridized carbons (Fsp3) is 0.0714. The molecular formula is C14H10N4. The molecule has 0 amide bonds. The standard InChI is InChI=1S/C14H10N4/c1-9-4-11(8-16-7-9)14-17-12-3-2-10(6-15)5-13(12)18-14/h2-5,7-8H,1H3,(H,17,18). The van der Waals surface area contributed by atoms with Gasteiger partial charge >= 0.3 is 0 Å². The Hall–Kier alpha value is -2.67. The van der Waals surface area contributed by atoms with E-state index in [0.717, 1.165) is 28.0 Å². The van der Waals surface area contributed by atoms with E-state index in [2.05, 4.69) is 21.0 Å². The molecule has 0 unspecified atom stereocenters. The van der Waals surface area contributed by atoms with Gasteiger partial charge in [-0.05, 0) is 36.8 Å². The number of hydrogen-bond acceptors (Lipinski definition) is 3. The Labute approximate surface area is 104 Å². The van der Waals surface area contributed by atoms with Gasteiger partial charge in [-0.2, -0.15) is 5.26 Å². The number of hydrogen-bond donors (Lipinski definition) is 1. The van der Waals surface area contributed by atoms with Gasteiger partial charge in [-0.25, -0.2) is 4.98 Å². The topological polar surface area (TPSA) is 65.4 Å². The van der Waals surface area contributed by atoms with E-state index >= 15 is 0 Å². The van der Waals surface area contributed by atoms with E-state index in [0.29, 0.717) is 5.56 Å². The molecule has 3 rings (SSSR count). The lowest BCUT2D eigenvalue weighted by Gasteiger charge is -1.96. The molecule has 3 aromatic rings. The summed E-state index contributed by atoms with van der Waals surface area (Å²) < 4.78 is 0. The van der Waals surface area contributed by atoms with E-state index in [4.69, 9.17) is 5.26 Å². The van der Waals surface area contributed by atoms with Gasteiger partial charge in [0.25, 0.3) is 0 Å². The first-order chi connectivity index (χ1) is 8.76. The molecule has 0 saturated carbocycles. The number of aryl methyl sites for hydroxylation is 1. The number of rotatable bonds is 1. The Kier molecular flexibility index (Phi) is 2.31. The molecule has 1 N–H and O–H groups in total. The molecule has 0 aliphatic carbocycles. The maximum absolute atomic E-state index is 8.86. The highest BCUT2D eigenvalue weighted by Crippen LogP contribution is 2.21. The molecule has 0 saturated heterocycles. The average molecular weight is 234 g/mol. The summed E-state index contributed by atoms with van der Waals surface area (Å²) in [5.41, 5.74) is 4.38. The molecule has 1 aromatic carbocycles. The maximum Gasteiger partial charge on any atom is 0.140 e. The van der Waals surface area contributed by atoms with Gasteiger partial charge in [-0.3, -0.25) is 4.98 Å². The summed E-state index contributed by atoms with van der Waals surface area (Å²) in [6, 6.07) is 9.55. The summed E-state index contributed by atoms with van der Waals surface area (Å²) in [6.07, 6.45) is 3.58. The highest BCUT2D eigenvalue weighted by atomic mass is 14.9. The second kappa shape index (κ2) is 3.97. The van der Waals surface area contributed by atoms with Crippen molar-refractivity contribution in [3.05, 3.63) is 47.8 Å². The molecule has 18 heavy (non-hydrogen) atoms. The molecule has 0 spiro atoms. The number of aromatic nitrogens is 3. The maximum atomic E-state index is 8.86. The van der Waals surface area contributed by atoms with Crippen molar-refractivity contribution >= 4 is 11.0 Å². The van der Waals surface area contributed by atoms with E-state index in [1.807, 2.05) is 19.1 Å². The normalized spacial score (nSPS) is 10.4. The number of benzene rings is 1. The third-order valence-corrected chi connectivity index (χ3v) is 2.76. The van der Waals surface area contributed by atoms with Gasteiger partial charge < -0.3 is 4.98 Å². The molecule has 4 nitrogen and oxygen atoms in total. The van der Waals surface area contributed by atoms with Crippen LogP contribution < -0.4 is 0 Å². The van der Waals surface area contributed by atoms with Gasteiger partial charge in [-0.1, -0.05) is 0 Å². The van der Waals surface area contributed by atoms with Crippen molar-refractivity contribution in [1.82, 2.24) is 15.0 Å². The predicted molar refractivity (Wildman–Crippen MR) is 68.8 cm³/mol. The molecule has 4 heteroatoms. The lowest BCUT2D eigenvalue weighted by atomic mass is 10.2. The Morgan fingerprint density at radius 1 is 1.22 bits per heavy atom. The predicted octanol–water partition coefficient (Wildman–Crippen LogP) is 2.81. The highest BCUT2D eigenvalue weighted by molar-refractivity contribution is 5.80. The molecule has 2 aromatic heterocycles. The molecule has 86 valence electrons. The Bertz CT molecular complexity index is 765. The van der Waals surface area contributed by atoms with Crippen LogP contribution in [0.15, 0.2) is 36.7 Å². The van der Waals surface area contributed by atoms with Crippen molar-refractivity contribution in [3.8, 4) is 17.5 Å². The van der Waals surface area contributed by atoms with Crippen LogP contribution in [0.4, 0.5) is 0 Å². The van der Waals surface area contributed by atoms with Gasteiger partial charge in [0.1, 0.15) is 5.82 Å². The largest absolute Gasteiger partial charge is 0.338 e. The van der Waals surface area contributed by atoms with Gasteiger partial charge in [0.15, 0.2) is 0 Å². The van der Waals surface area contributed by atoms with E-state index in [9.17, 15) is 0 Å². The van der Waals surface area contributed by atoms with Crippen LogP contribution in [0.3, 0.4) is 0 Å². The monoisotopic (exact) mass is 234 g/mol. The summed E-state index contributed by atoms with van der Waals surface area (Å²) in [6.45, 7) is 1.99. The minimum atomic E-state index is 0.625. The molecule has 0 aliphatic rings. The summed E-state index contributed by atoms with van der Waals surface area (Å²) >= 11 is 0. The smallest absolute Gasteiger partial charge is 0.140 e. The lowest BCUT2D eigenvalue weighted by Crippen LogP contribution is -1.83. The van der Waals surface area contributed by atoms with Crippen molar-refractivity contribution in [2.75, 3.05) is 0 Å². The first-order valence-electron chi connectivity index (χ1n) is 5.58. The zero-order valence-electron chi connectivity index (χ0n) is 9.81. The Morgan fingerprint density at radius 3 is 2.89 bits per heavy atom. The van der Waals surface area contributed by atoms with Crippen LogP contribution in [0.2, 0.25) is 0 Å². The number of H-pyrrole nitrogens is 1. The summed E-state index contributed by atoms with van der Waals surface area (Å²) in [5, 5.41) is 8.86. The number of nitrogens with zero attached hydrogens (tertiary/aromatic N) is 3. The Balaban J connectivity index is 2.17. The van der Waals surface area contributed by atoms with Gasteiger partial charge in [0, 0.05) is 18.0 Å². The number of imidazole rings is 1. The number of fused-ring (bicyclic) bond motifs is 1. The van der Waals surface area contributed by atoms with Crippen LogP contribution in [0.1, 0.15) is 11.1 Å². The molecule has 0 aliphatic heterocycles. The fourth-order valence-electron chi connectivity index (χ4n) is 1.90. The van der Waals surface area contributed by atoms with Crippen LogP contribution in [0.25, 0.3) is 22.4 Å². The second-order valence-electron chi connectivity index (χ2n) is 4.18. The molecule has 0 fully saturated rings. The van der Waals surface area contributed by atoms with E-state index in [-0.39, 0.29) is 0 Å². The lowest BCUT2D eigenvalue weighted by molar-refractivity contribution is 1.24. The average Bonchev–Trinajstić information content (AvgIpc) is 2.81. The van der Waals surface area contributed by atoms with E-state index in [1.165, 1.54) is 0 Å². The second-order valence-corrected chi connectivity index (χ2v) is 4.18. The van der Waals surface area contributed by atoms with Crippen LogP contribution >= 0.6 is 0 Å². The van der Waals surface area contributed by atoms with E-state index in [1.54, 1.807) is 24.5 Å². The first kappa shape index (κ1) is 10.5. The van der Waals surface area contributed by atoms with Gasteiger partial charge in [-0.15, -0.1) is 0 Å². The number of nitriles is 1. The summed E-state index contributed by atoms with van der Waals surface area (Å²) in [4.78, 5) is 11.9. The van der Waals surface area contributed by atoms with Crippen LogP contribution in [-0.2, 0) is 0 Å². The first-order valence-corrected chi connectivity index (χ1v) is 5.58. The van der Waals surface area contributed by atoms with Crippen molar-refractivity contribution in [2.45, 2.75) is 6.92 Å².